The molecular formula is C18H19FN2O3. The van der Waals surface area contributed by atoms with Crippen LogP contribution in [0.2, 0.25) is 0 Å². The number of amides is 2. The minimum atomic E-state index is -0.823. The van der Waals surface area contributed by atoms with Crippen LogP contribution < -0.4 is 10.6 Å². The maximum atomic E-state index is 13.5. The van der Waals surface area contributed by atoms with E-state index in [9.17, 15) is 14.0 Å². The Hall–Kier alpha value is -2.89. The summed E-state index contributed by atoms with van der Waals surface area (Å²) in [7, 11) is 0. The third-order valence-corrected chi connectivity index (χ3v) is 3.47. The van der Waals surface area contributed by atoms with Crippen LogP contribution in [0.4, 0.5) is 14.9 Å². The van der Waals surface area contributed by atoms with Gasteiger partial charge in [0.05, 0.1) is 0 Å². The largest absolute Gasteiger partial charge is 0.445 e. The highest BCUT2D eigenvalue weighted by Gasteiger charge is 2.17. The predicted molar refractivity (Wildman–Crippen MR) is 89.0 cm³/mol. The Balaban J connectivity index is 1.84. The minimum Gasteiger partial charge on any atom is -0.445 e. The average Bonchev–Trinajstić information content (AvgIpc) is 2.58. The van der Waals surface area contributed by atoms with Gasteiger partial charge in [0.15, 0.2) is 0 Å². The first kappa shape index (κ1) is 17.5. The highest BCUT2D eigenvalue weighted by atomic mass is 19.1. The van der Waals surface area contributed by atoms with Gasteiger partial charge in [-0.15, -0.1) is 0 Å². The predicted octanol–water partition coefficient (Wildman–Crippen LogP) is 3.39. The van der Waals surface area contributed by atoms with Crippen LogP contribution in [0.15, 0.2) is 48.5 Å². The van der Waals surface area contributed by atoms with Crippen LogP contribution in [0.25, 0.3) is 0 Å². The van der Waals surface area contributed by atoms with Crippen molar-refractivity contribution < 1.29 is 18.7 Å². The molecule has 0 radical (unpaired) electrons. The first-order valence-corrected chi connectivity index (χ1v) is 7.50. The number of anilines is 1. The Morgan fingerprint density at radius 2 is 1.83 bits per heavy atom. The maximum Gasteiger partial charge on any atom is 0.408 e. The Kier molecular flexibility index (Phi) is 5.89. The molecule has 126 valence electrons. The molecule has 6 heteroatoms. The van der Waals surface area contributed by atoms with Gasteiger partial charge in [0.25, 0.3) is 0 Å². The zero-order chi connectivity index (χ0) is 17.5. The summed E-state index contributed by atoms with van der Waals surface area (Å²) >= 11 is 0. The number of carbonyl (C=O) groups is 2. The smallest absolute Gasteiger partial charge is 0.408 e. The van der Waals surface area contributed by atoms with E-state index in [1.54, 1.807) is 13.0 Å². The van der Waals surface area contributed by atoms with Crippen LogP contribution in [0.3, 0.4) is 0 Å². The molecule has 0 aromatic heterocycles. The lowest BCUT2D eigenvalue weighted by Gasteiger charge is -2.15. The molecule has 0 heterocycles. The number of carbonyl (C=O) groups excluding carboxylic acids is 2. The normalized spacial score (nSPS) is 11.5. The zero-order valence-electron chi connectivity index (χ0n) is 13.5. The summed E-state index contributed by atoms with van der Waals surface area (Å²) in [6.07, 6.45) is -0.697. The standard InChI is InChI=1S/C18H19FN2O3/c1-12-15(19)9-6-10-16(12)21-17(22)13(2)20-18(23)24-11-14-7-4-3-5-8-14/h3-10,13H,11H2,1-2H3,(H,20,23)(H,21,22)/t13-/m0/s1. The van der Waals surface area contributed by atoms with Gasteiger partial charge < -0.3 is 15.4 Å². The van der Waals surface area contributed by atoms with Crippen molar-refractivity contribution in [2.45, 2.75) is 26.5 Å². The minimum absolute atomic E-state index is 0.115. The van der Waals surface area contributed by atoms with Gasteiger partial charge in [0, 0.05) is 11.3 Å². The monoisotopic (exact) mass is 330 g/mol. The second-order valence-electron chi connectivity index (χ2n) is 5.33. The van der Waals surface area contributed by atoms with E-state index in [4.69, 9.17) is 4.74 Å². The Morgan fingerprint density at radius 3 is 2.54 bits per heavy atom. The number of hydrogen-bond acceptors (Lipinski definition) is 3. The maximum absolute atomic E-state index is 13.5. The van der Waals surface area contributed by atoms with Crippen LogP contribution in [0.5, 0.6) is 0 Å². The van der Waals surface area contributed by atoms with Crippen molar-refractivity contribution in [1.82, 2.24) is 5.32 Å². The second kappa shape index (κ2) is 8.10. The van der Waals surface area contributed by atoms with E-state index in [2.05, 4.69) is 10.6 Å². The van der Waals surface area contributed by atoms with Gasteiger partial charge in [-0.2, -0.15) is 0 Å². The Labute approximate surface area is 139 Å². The van der Waals surface area contributed by atoms with Crippen molar-refractivity contribution in [3.8, 4) is 0 Å². The molecule has 0 aliphatic rings. The zero-order valence-corrected chi connectivity index (χ0v) is 13.5. The quantitative estimate of drug-likeness (QED) is 0.883. The molecule has 2 rings (SSSR count). The molecule has 1 atom stereocenters. The number of rotatable bonds is 5. The molecule has 0 saturated heterocycles. The molecule has 0 saturated carbocycles. The fourth-order valence-electron chi connectivity index (χ4n) is 1.99. The summed E-state index contributed by atoms with van der Waals surface area (Å²) in [6, 6.07) is 12.8. The number of nitrogens with one attached hydrogen (secondary N) is 2. The lowest BCUT2D eigenvalue weighted by Crippen LogP contribution is -2.41. The van der Waals surface area contributed by atoms with Crippen molar-refractivity contribution in [1.29, 1.82) is 0 Å². The van der Waals surface area contributed by atoms with E-state index in [1.807, 2.05) is 30.3 Å². The van der Waals surface area contributed by atoms with Crippen molar-refractivity contribution in [2.24, 2.45) is 0 Å². The van der Waals surface area contributed by atoms with Gasteiger partial charge in [-0.25, -0.2) is 9.18 Å². The average molecular weight is 330 g/mol. The number of halogens is 1. The summed E-state index contributed by atoms with van der Waals surface area (Å²) < 4.78 is 18.5. The molecule has 2 aromatic rings. The van der Waals surface area contributed by atoms with Crippen molar-refractivity contribution in [3.63, 3.8) is 0 Å². The summed E-state index contributed by atoms with van der Waals surface area (Å²) in [6.45, 7) is 3.20. The molecule has 0 aliphatic heterocycles. The fourth-order valence-corrected chi connectivity index (χ4v) is 1.99. The molecule has 5 nitrogen and oxygen atoms in total. The molecule has 0 spiro atoms. The number of hydrogen-bond donors (Lipinski definition) is 2. The fraction of sp³-hybridized carbons (Fsp3) is 0.222. The number of benzene rings is 2. The molecule has 2 N–H and O–H groups in total. The topological polar surface area (TPSA) is 67.4 Å². The van der Waals surface area contributed by atoms with Gasteiger partial charge in [-0.05, 0) is 31.5 Å². The van der Waals surface area contributed by atoms with Gasteiger partial charge in [-0.1, -0.05) is 36.4 Å². The lowest BCUT2D eigenvalue weighted by molar-refractivity contribution is -0.117. The van der Waals surface area contributed by atoms with Crippen molar-refractivity contribution >= 4 is 17.7 Å². The highest BCUT2D eigenvalue weighted by molar-refractivity contribution is 5.96. The van der Waals surface area contributed by atoms with Crippen LogP contribution in [0.1, 0.15) is 18.1 Å². The highest BCUT2D eigenvalue weighted by Crippen LogP contribution is 2.17. The van der Waals surface area contributed by atoms with E-state index >= 15 is 0 Å². The summed E-state index contributed by atoms with van der Waals surface area (Å²) in [5, 5.41) is 5.02. The SMILES string of the molecule is Cc1c(F)cccc1NC(=O)[C@H](C)NC(=O)OCc1ccccc1. The van der Waals surface area contributed by atoms with E-state index < -0.39 is 23.9 Å². The molecule has 2 aromatic carbocycles. The summed E-state index contributed by atoms with van der Waals surface area (Å²) in [4.78, 5) is 23.8. The second-order valence-corrected chi connectivity index (χ2v) is 5.33. The molecule has 0 bridgehead atoms. The molecule has 24 heavy (non-hydrogen) atoms. The van der Waals surface area contributed by atoms with Gasteiger partial charge in [-0.3, -0.25) is 4.79 Å². The van der Waals surface area contributed by atoms with Crippen LogP contribution in [0, 0.1) is 12.7 Å². The first-order chi connectivity index (χ1) is 11.5. The third kappa shape index (κ3) is 4.81. The number of alkyl carbamates (subject to hydrolysis) is 1. The first-order valence-electron chi connectivity index (χ1n) is 7.50. The molecule has 0 fully saturated rings. The summed E-state index contributed by atoms with van der Waals surface area (Å²) in [5.41, 5.74) is 1.55. The Bertz CT molecular complexity index is 719. The summed E-state index contributed by atoms with van der Waals surface area (Å²) in [5.74, 6) is -0.865. The third-order valence-electron chi connectivity index (χ3n) is 3.47. The molecule has 0 aliphatic carbocycles. The van der Waals surface area contributed by atoms with E-state index in [1.165, 1.54) is 19.1 Å². The van der Waals surface area contributed by atoms with E-state index in [0.717, 1.165) is 5.56 Å². The van der Waals surface area contributed by atoms with Crippen LogP contribution >= 0.6 is 0 Å². The lowest BCUT2D eigenvalue weighted by atomic mass is 10.2. The molecule has 0 unspecified atom stereocenters. The van der Waals surface area contributed by atoms with Crippen molar-refractivity contribution in [2.75, 3.05) is 5.32 Å². The van der Waals surface area contributed by atoms with Gasteiger partial charge in [0.2, 0.25) is 5.91 Å². The van der Waals surface area contributed by atoms with E-state index in [0.29, 0.717) is 11.3 Å². The van der Waals surface area contributed by atoms with Gasteiger partial charge in [0.1, 0.15) is 18.5 Å². The van der Waals surface area contributed by atoms with Crippen LogP contribution in [-0.2, 0) is 16.1 Å². The van der Waals surface area contributed by atoms with E-state index in [-0.39, 0.29) is 6.61 Å². The van der Waals surface area contributed by atoms with Crippen molar-refractivity contribution in [3.05, 3.63) is 65.5 Å². The number of ether oxygens (including phenoxy) is 1. The molecular weight excluding hydrogens is 311 g/mol. The van der Waals surface area contributed by atoms with Gasteiger partial charge >= 0.3 is 6.09 Å². The Morgan fingerprint density at radius 1 is 1.12 bits per heavy atom. The van der Waals surface area contributed by atoms with Crippen LogP contribution in [-0.4, -0.2) is 18.0 Å². The molecule has 2 amide bonds.